The number of carbonyl (C=O) groups is 1. The molecule has 21 heavy (non-hydrogen) atoms. The van der Waals surface area contributed by atoms with Gasteiger partial charge in [0.1, 0.15) is 0 Å². The summed E-state index contributed by atoms with van der Waals surface area (Å²) in [5.74, 6) is 0.0229. The highest BCUT2D eigenvalue weighted by Crippen LogP contribution is 2.25. The van der Waals surface area contributed by atoms with Gasteiger partial charge in [-0.05, 0) is 44.7 Å². The van der Waals surface area contributed by atoms with Crippen molar-refractivity contribution in [3.63, 3.8) is 0 Å². The molecule has 0 atom stereocenters. The van der Waals surface area contributed by atoms with Gasteiger partial charge < -0.3 is 5.32 Å². The van der Waals surface area contributed by atoms with Gasteiger partial charge in [-0.1, -0.05) is 34.1 Å². The number of carbonyl (C=O) groups excluding carboxylic acids is 1. The molecular weight excluding hydrogens is 328 g/mol. The van der Waals surface area contributed by atoms with E-state index in [0.29, 0.717) is 10.9 Å². The van der Waals surface area contributed by atoms with Gasteiger partial charge in [-0.25, -0.2) is 0 Å². The lowest BCUT2D eigenvalue weighted by molar-refractivity contribution is 0.0930. The van der Waals surface area contributed by atoms with Crippen molar-refractivity contribution in [1.82, 2.24) is 10.3 Å². The van der Waals surface area contributed by atoms with E-state index in [-0.39, 0.29) is 5.91 Å². The van der Waals surface area contributed by atoms with Crippen LogP contribution in [-0.2, 0) is 0 Å². The fourth-order valence-corrected chi connectivity index (χ4v) is 3.48. The van der Waals surface area contributed by atoms with Crippen molar-refractivity contribution in [3.8, 4) is 0 Å². The van der Waals surface area contributed by atoms with E-state index in [1.165, 1.54) is 0 Å². The van der Waals surface area contributed by atoms with Gasteiger partial charge in [0.2, 0.25) is 0 Å². The maximum atomic E-state index is 12.6. The predicted octanol–water partition coefficient (Wildman–Crippen LogP) is 3.98. The fraction of sp³-hybridized carbons (Fsp3) is 0.412. The van der Waals surface area contributed by atoms with E-state index < -0.39 is 0 Å². The number of fused-ring (bicyclic) bond motifs is 1. The average molecular weight is 347 g/mol. The Morgan fingerprint density at radius 2 is 1.95 bits per heavy atom. The van der Waals surface area contributed by atoms with Gasteiger partial charge in [0.25, 0.3) is 5.91 Å². The van der Waals surface area contributed by atoms with Crippen LogP contribution in [0.2, 0.25) is 0 Å². The van der Waals surface area contributed by atoms with E-state index in [2.05, 4.69) is 26.2 Å². The number of nitrogens with one attached hydrogen (secondary N) is 1. The second-order valence-corrected chi connectivity index (χ2v) is 7.05. The van der Waals surface area contributed by atoms with Crippen LogP contribution in [0.4, 0.5) is 0 Å². The third-order valence-electron chi connectivity index (χ3n) is 4.08. The highest BCUT2D eigenvalue weighted by molar-refractivity contribution is 9.09. The minimum Gasteiger partial charge on any atom is -0.349 e. The van der Waals surface area contributed by atoms with Gasteiger partial charge in [0.15, 0.2) is 0 Å². The Labute approximate surface area is 133 Å². The maximum Gasteiger partial charge on any atom is 0.252 e. The number of nitrogens with zero attached hydrogens (tertiary/aromatic N) is 1. The van der Waals surface area contributed by atoms with Crippen LogP contribution >= 0.6 is 15.9 Å². The first-order chi connectivity index (χ1) is 10.1. The number of hydrogen-bond acceptors (Lipinski definition) is 2. The summed E-state index contributed by atoms with van der Waals surface area (Å²) in [6.07, 6.45) is 4.34. The molecule has 2 aromatic rings. The van der Waals surface area contributed by atoms with E-state index in [1.807, 2.05) is 37.3 Å². The van der Waals surface area contributed by atoms with Crippen molar-refractivity contribution in [2.45, 2.75) is 43.5 Å². The van der Waals surface area contributed by atoms with Crippen LogP contribution in [0, 0.1) is 6.92 Å². The number of aromatic nitrogens is 1. The number of para-hydroxylation sites is 1. The number of halogens is 1. The fourth-order valence-electron chi connectivity index (χ4n) is 2.96. The molecule has 110 valence electrons. The molecule has 1 saturated carbocycles. The first kappa shape index (κ1) is 14.5. The van der Waals surface area contributed by atoms with Crippen LogP contribution in [0.1, 0.15) is 41.7 Å². The molecule has 0 bridgehead atoms. The molecule has 1 amide bonds. The number of hydrogen-bond donors (Lipinski definition) is 1. The molecule has 3 rings (SSSR count). The van der Waals surface area contributed by atoms with Crippen molar-refractivity contribution in [1.29, 1.82) is 0 Å². The molecule has 1 aliphatic rings. The van der Waals surface area contributed by atoms with Crippen LogP contribution in [-0.4, -0.2) is 21.8 Å². The monoisotopic (exact) mass is 346 g/mol. The molecule has 0 radical (unpaired) electrons. The summed E-state index contributed by atoms with van der Waals surface area (Å²) < 4.78 is 0. The Bertz CT molecular complexity index is 663. The molecule has 1 aromatic carbocycles. The summed E-state index contributed by atoms with van der Waals surface area (Å²) in [6, 6.07) is 9.99. The molecular formula is C17H19BrN2O. The topological polar surface area (TPSA) is 42.0 Å². The molecule has 0 spiro atoms. The molecule has 1 heterocycles. The van der Waals surface area contributed by atoms with Crippen LogP contribution in [0.5, 0.6) is 0 Å². The van der Waals surface area contributed by atoms with E-state index in [1.54, 1.807) is 0 Å². The highest BCUT2D eigenvalue weighted by atomic mass is 79.9. The molecule has 0 aliphatic heterocycles. The van der Waals surface area contributed by atoms with Gasteiger partial charge in [-0.15, -0.1) is 0 Å². The zero-order valence-corrected chi connectivity index (χ0v) is 13.7. The smallest absolute Gasteiger partial charge is 0.252 e. The number of benzene rings is 1. The summed E-state index contributed by atoms with van der Waals surface area (Å²) in [5, 5.41) is 4.11. The zero-order chi connectivity index (χ0) is 14.8. The summed E-state index contributed by atoms with van der Waals surface area (Å²) in [7, 11) is 0. The zero-order valence-electron chi connectivity index (χ0n) is 12.1. The van der Waals surface area contributed by atoms with Gasteiger partial charge in [-0.3, -0.25) is 9.78 Å². The normalized spacial score (nSPS) is 22.2. The summed E-state index contributed by atoms with van der Waals surface area (Å²) >= 11 is 3.65. The quantitative estimate of drug-likeness (QED) is 0.835. The number of amides is 1. The van der Waals surface area contributed by atoms with E-state index in [9.17, 15) is 4.79 Å². The number of aryl methyl sites for hydroxylation is 1. The lowest BCUT2D eigenvalue weighted by Crippen LogP contribution is -2.37. The SMILES string of the molecule is Cc1cc(C(=O)NC2CCC(Br)CC2)c2ccccc2n1. The number of rotatable bonds is 2. The average Bonchev–Trinajstić information content (AvgIpc) is 2.48. The van der Waals surface area contributed by atoms with Crippen LogP contribution in [0.15, 0.2) is 30.3 Å². The maximum absolute atomic E-state index is 12.6. The molecule has 1 aromatic heterocycles. The molecule has 3 nitrogen and oxygen atoms in total. The lowest BCUT2D eigenvalue weighted by Gasteiger charge is -2.26. The highest BCUT2D eigenvalue weighted by Gasteiger charge is 2.22. The predicted molar refractivity (Wildman–Crippen MR) is 88.9 cm³/mol. The second-order valence-electron chi connectivity index (χ2n) is 5.75. The van der Waals surface area contributed by atoms with Gasteiger partial charge in [-0.2, -0.15) is 0 Å². The minimum atomic E-state index is 0.0229. The Morgan fingerprint density at radius 3 is 2.71 bits per heavy atom. The summed E-state index contributed by atoms with van der Waals surface area (Å²) in [4.78, 5) is 17.7. The second kappa shape index (κ2) is 6.14. The van der Waals surface area contributed by atoms with E-state index in [0.717, 1.165) is 47.8 Å². The third-order valence-corrected chi connectivity index (χ3v) is 5.00. The standard InChI is InChI=1S/C17H19BrN2O/c1-11-10-15(14-4-2-3-5-16(14)19-11)17(21)20-13-8-6-12(18)7-9-13/h2-5,10,12-13H,6-9H2,1H3,(H,20,21). The van der Waals surface area contributed by atoms with Crippen molar-refractivity contribution in [2.75, 3.05) is 0 Å². The van der Waals surface area contributed by atoms with Gasteiger partial charge >= 0.3 is 0 Å². The lowest BCUT2D eigenvalue weighted by atomic mass is 9.95. The van der Waals surface area contributed by atoms with Crippen LogP contribution in [0.25, 0.3) is 10.9 Å². The van der Waals surface area contributed by atoms with E-state index >= 15 is 0 Å². The first-order valence-corrected chi connectivity index (χ1v) is 8.36. The summed E-state index contributed by atoms with van der Waals surface area (Å²) in [6.45, 7) is 1.93. The molecule has 0 unspecified atom stereocenters. The Kier molecular flexibility index (Phi) is 4.24. The molecule has 1 aliphatic carbocycles. The molecule has 1 N–H and O–H groups in total. The Hall–Kier alpha value is -1.42. The Morgan fingerprint density at radius 1 is 1.24 bits per heavy atom. The summed E-state index contributed by atoms with van der Waals surface area (Å²) in [5.41, 5.74) is 2.49. The van der Waals surface area contributed by atoms with Crippen LogP contribution in [0.3, 0.4) is 0 Å². The Balaban J connectivity index is 1.84. The molecule has 4 heteroatoms. The van der Waals surface area contributed by atoms with Crippen molar-refractivity contribution >= 4 is 32.7 Å². The third kappa shape index (κ3) is 3.26. The van der Waals surface area contributed by atoms with Crippen molar-refractivity contribution in [2.24, 2.45) is 0 Å². The minimum absolute atomic E-state index is 0.0229. The molecule has 0 saturated heterocycles. The van der Waals surface area contributed by atoms with Crippen LogP contribution < -0.4 is 5.32 Å². The molecule has 1 fully saturated rings. The van der Waals surface area contributed by atoms with E-state index in [4.69, 9.17) is 0 Å². The van der Waals surface area contributed by atoms with Crippen molar-refractivity contribution in [3.05, 3.63) is 41.6 Å². The first-order valence-electron chi connectivity index (χ1n) is 7.45. The number of alkyl halides is 1. The van der Waals surface area contributed by atoms with Crippen molar-refractivity contribution < 1.29 is 4.79 Å². The van der Waals surface area contributed by atoms with Gasteiger partial charge in [0, 0.05) is 21.9 Å². The van der Waals surface area contributed by atoms with Gasteiger partial charge in [0.05, 0.1) is 11.1 Å². The number of pyridine rings is 1. The largest absolute Gasteiger partial charge is 0.349 e.